The molecule has 0 aliphatic heterocycles. The smallest absolute Gasteiger partial charge is 0.813 e. The minimum Gasteiger partial charge on any atom is -0.813 e. The SMILES string of the molecule is [C-]#N.[CoH+2].[SH-]. The van der Waals surface area contributed by atoms with Crippen LogP contribution in [0.3, 0.4) is 0 Å². The van der Waals surface area contributed by atoms with Crippen LogP contribution < -0.4 is 0 Å². The summed E-state index contributed by atoms with van der Waals surface area (Å²) in [7, 11) is 0. The van der Waals surface area contributed by atoms with Crippen LogP contribution in [0.4, 0.5) is 0 Å². The molecule has 0 rings (SSSR count). The van der Waals surface area contributed by atoms with E-state index in [-0.39, 0.29) is 30.3 Å². The Morgan fingerprint density at radius 1 is 1.25 bits per heavy atom. The molecule has 0 fully saturated rings. The second-order valence-electron chi connectivity index (χ2n) is 0. The van der Waals surface area contributed by atoms with Crippen LogP contribution >= 0.6 is 0 Å². The van der Waals surface area contributed by atoms with Gasteiger partial charge in [-0.25, -0.2) is 0 Å². The molecule has 3 heteroatoms. The summed E-state index contributed by atoms with van der Waals surface area (Å²) < 4.78 is 0. The van der Waals surface area contributed by atoms with Gasteiger partial charge >= 0.3 is 16.8 Å². The van der Waals surface area contributed by atoms with E-state index in [1.807, 2.05) is 0 Å². The summed E-state index contributed by atoms with van der Waals surface area (Å²) >= 11 is 0. The molecule has 0 aromatic heterocycles. The predicted octanol–water partition coefficient (Wildman–Crippen LogP) is -0.444. The minimum atomic E-state index is 0. The third-order valence-electron chi connectivity index (χ3n) is 0. The average Bonchev–Trinajstić information content (AvgIpc) is 1.00. The van der Waals surface area contributed by atoms with Crippen LogP contribution in [0.1, 0.15) is 0 Å². The molecule has 26 valence electrons. The molecule has 0 N–H and O–H groups in total. The zero-order valence-corrected chi connectivity index (χ0v) is 3.75. The van der Waals surface area contributed by atoms with Crippen LogP contribution in [0, 0.1) is 11.8 Å². The molecule has 0 bridgehead atoms. The van der Waals surface area contributed by atoms with Crippen molar-refractivity contribution in [2.75, 3.05) is 0 Å². The number of hydrogen-bond donors (Lipinski definition) is 0. The average molecular weight is 119 g/mol. The van der Waals surface area contributed by atoms with Crippen LogP contribution in [0.15, 0.2) is 0 Å². The Bertz CT molecular complexity index is 12.8. The fourth-order valence-electron chi connectivity index (χ4n) is 0. The molecule has 0 amide bonds. The Labute approximate surface area is 42.6 Å². The predicted molar refractivity (Wildman–Crippen MR) is 15.1 cm³/mol. The van der Waals surface area contributed by atoms with Crippen molar-refractivity contribution in [1.29, 1.82) is 5.26 Å². The van der Waals surface area contributed by atoms with Gasteiger partial charge in [0.2, 0.25) is 0 Å². The van der Waals surface area contributed by atoms with E-state index in [9.17, 15) is 0 Å². The summed E-state index contributed by atoms with van der Waals surface area (Å²) in [5.74, 6) is 0. The van der Waals surface area contributed by atoms with E-state index in [4.69, 9.17) is 11.8 Å². The summed E-state index contributed by atoms with van der Waals surface area (Å²) in [4.78, 5) is 0. The zero-order valence-electron chi connectivity index (χ0n) is 1.75. The van der Waals surface area contributed by atoms with E-state index in [1.54, 1.807) is 0 Å². The molecule has 0 heterocycles. The summed E-state index contributed by atoms with van der Waals surface area (Å²) in [5, 5.41) is 6.25. The Morgan fingerprint density at radius 2 is 1.25 bits per heavy atom. The molecule has 1 nitrogen and oxygen atoms in total. The summed E-state index contributed by atoms with van der Waals surface area (Å²) in [5.41, 5.74) is 0. The monoisotopic (exact) mass is 119 g/mol. The van der Waals surface area contributed by atoms with Gasteiger partial charge < -0.3 is 25.3 Å². The molecule has 0 unspecified atom stereocenters. The van der Waals surface area contributed by atoms with E-state index in [1.165, 1.54) is 0 Å². The van der Waals surface area contributed by atoms with Crippen LogP contribution in [-0.4, -0.2) is 0 Å². The van der Waals surface area contributed by atoms with Crippen LogP contribution in [-0.2, 0) is 30.3 Å². The first-order valence-electron chi connectivity index (χ1n) is 0.224. The molecular formula is CH2CoNS. The molecule has 0 aliphatic carbocycles. The van der Waals surface area contributed by atoms with Crippen molar-refractivity contribution in [2.24, 2.45) is 0 Å². The van der Waals surface area contributed by atoms with E-state index in [0.29, 0.717) is 0 Å². The van der Waals surface area contributed by atoms with E-state index >= 15 is 0 Å². The van der Waals surface area contributed by atoms with Crippen molar-refractivity contribution in [3.05, 3.63) is 6.57 Å². The number of rotatable bonds is 0. The molecule has 0 saturated heterocycles. The molecule has 0 saturated carbocycles. The van der Waals surface area contributed by atoms with Gasteiger partial charge in [-0.2, -0.15) is 0 Å². The fraction of sp³-hybridized carbons (Fsp3) is 0. The van der Waals surface area contributed by atoms with E-state index in [2.05, 4.69) is 0 Å². The normalized spacial score (nSPS) is 0.500. The Hall–Kier alpha value is 0.346. The van der Waals surface area contributed by atoms with Gasteiger partial charge in [0.1, 0.15) is 0 Å². The Balaban J connectivity index is -0.00000000500. The van der Waals surface area contributed by atoms with Crippen LogP contribution in [0.2, 0.25) is 0 Å². The third kappa shape index (κ3) is 35.4. The number of thiol groups is 1. The fourth-order valence-corrected chi connectivity index (χ4v) is 0. The van der Waals surface area contributed by atoms with Crippen molar-refractivity contribution >= 4 is 13.5 Å². The Kier molecular flexibility index (Phi) is 1030. The quantitative estimate of drug-likeness (QED) is 0.245. The van der Waals surface area contributed by atoms with Crippen molar-refractivity contribution < 1.29 is 16.8 Å². The van der Waals surface area contributed by atoms with Gasteiger partial charge in [-0.3, -0.25) is 0 Å². The second-order valence-corrected chi connectivity index (χ2v) is 0. The molecule has 0 aromatic rings. The third-order valence-corrected chi connectivity index (χ3v) is 0. The first kappa shape index (κ1) is 26.8. The molecular weight excluding hydrogens is 117 g/mol. The Morgan fingerprint density at radius 3 is 1.25 bits per heavy atom. The van der Waals surface area contributed by atoms with Crippen molar-refractivity contribution in [1.82, 2.24) is 0 Å². The largest absolute Gasteiger partial charge is 0.813 e. The van der Waals surface area contributed by atoms with Crippen LogP contribution in [0.5, 0.6) is 0 Å². The van der Waals surface area contributed by atoms with Gasteiger partial charge in [-0.1, -0.05) is 0 Å². The maximum absolute atomic E-state index is 6.25. The van der Waals surface area contributed by atoms with Gasteiger partial charge in [-0.15, -0.1) is 0 Å². The van der Waals surface area contributed by atoms with Gasteiger partial charge in [0.15, 0.2) is 0 Å². The molecule has 0 aliphatic rings. The van der Waals surface area contributed by atoms with E-state index < -0.39 is 0 Å². The maximum atomic E-state index is 6.25. The molecule has 1 radical (unpaired) electrons. The second kappa shape index (κ2) is 153. The zero-order chi connectivity index (χ0) is 2.00. The standard InChI is InChI=1S/CN.Co.H2S.H/c1-2;;;/h;;1H2;/q-1;+2;;/p-1. The first-order valence-corrected chi connectivity index (χ1v) is 0.224. The summed E-state index contributed by atoms with van der Waals surface area (Å²) in [6, 6.07) is 0. The van der Waals surface area contributed by atoms with Crippen LogP contribution in [0.25, 0.3) is 0 Å². The van der Waals surface area contributed by atoms with Crippen molar-refractivity contribution in [3.8, 4) is 0 Å². The van der Waals surface area contributed by atoms with E-state index in [0.717, 1.165) is 0 Å². The van der Waals surface area contributed by atoms with Gasteiger partial charge in [0.25, 0.3) is 0 Å². The first-order chi connectivity index (χ1) is 1.00. The number of nitrogens with zero attached hydrogens (tertiary/aromatic N) is 1. The topological polar surface area (TPSA) is 23.8 Å². The minimum absolute atomic E-state index is 0. The maximum Gasteiger partial charge on any atom is -0.813 e. The summed E-state index contributed by atoms with van der Waals surface area (Å²) in [6.07, 6.45) is 0. The molecule has 0 atom stereocenters. The molecule has 4 heavy (non-hydrogen) atoms. The van der Waals surface area contributed by atoms with Gasteiger partial charge in [0, 0.05) is 0 Å². The van der Waals surface area contributed by atoms with Crippen molar-refractivity contribution in [2.45, 2.75) is 0 Å². The summed E-state index contributed by atoms with van der Waals surface area (Å²) in [6.45, 7) is 4.75. The molecule has 0 aromatic carbocycles. The number of hydrogen-bond acceptors (Lipinski definition) is 2. The molecule has 0 spiro atoms. The van der Waals surface area contributed by atoms with Gasteiger partial charge in [0.05, 0.1) is 0 Å². The van der Waals surface area contributed by atoms with Gasteiger partial charge in [-0.05, 0) is 0 Å². The van der Waals surface area contributed by atoms with Crippen molar-refractivity contribution in [3.63, 3.8) is 0 Å².